The van der Waals surface area contributed by atoms with Crippen LogP contribution < -0.4 is 5.73 Å². The molecule has 3 nitrogen and oxygen atoms in total. The van der Waals surface area contributed by atoms with Gasteiger partial charge in [-0.3, -0.25) is 4.98 Å². The van der Waals surface area contributed by atoms with Gasteiger partial charge in [0.25, 0.3) is 6.43 Å². The van der Waals surface area contributed by atoms with Crippen molar-refractivity contribution in [1.29, 1.82) is 0 Å². The van der Waals surface area contributed by atoms with Gasteiger partial charge in [0.05, 0.1) is 6.61 Å². The van der Waals surface area contributed by atoms with Gasteiger partial charge in [-0.25, -0.2) is 8.78 Å². The number of aliphatic hydroxyl groups is 1. The van der Waals surface area contributed by atoms with Gasteiger partial charge in [-0.1, -0.05) is 0 Å². The quantitative estimate of drug-likeness (QED) is 0.876. The first-order valence-electron chi connectivity index (χ1n) is 3.87. The molecule has 0 saturated carbocycles. The summed E-state index contributed by atoms with van der Waals surface area (Å²) in [5.74, 6) is 0. The Morgan fingerprint density at radius 2 is 2.14 bits per heavy atom. The Kier molecular flexibility index (Phi) is 3.91. The monoisotopic (exact) mass is 266 g/mol. The van der Waals surface area contributed by atoms with Crippen LogP contribution in [0.4, 0.5) is 8.78 Å². The van der Waals surface area contributed by atoms with E-state index in [-0.39, 0.29) is 24.4 Å². The molecule has 1 rings (SSSR count). The van der Waals surface area contributed by atoms with Crippen molar-refractivity contribution in [3.8, 4) is 0 Å². The second kappa shape index (κ2) is 4.77. The maximum Gasteiger partial charge on any atom is 0.280 e. The zero-order chi connectivity index (χ0) is 10.7. The third-order valence-corrected chi connectivity index (χ3v) is 2.53. The van der Waals surface area contributed by atoms with Crippen LogP contribution in [0, 0.1) is 0 Å². The Morgan fingerprint density at radius 3 is 2.57 bits per heavy atom. The molecule has 0 unspecified atom stereocenters. The fourth-order valence-corrected chi connectivity index (χ4v) is 1.63. The molecular formula is C8H9BrF2N2O. The lowest BCUT2D eigenvalue weighted by atomic mass is 10.1. The van der Waals surface area contributed by atoms with Crippen LogP contribution in [0.5, 0.6) is 0 Å². The van der Waals surface area contributed by atoms with Crippen molar-refractivity contribution in [1.82, 2.24) is 4.98 Å². The largest absolute Gasteiger partial charge is 0.392 e. The van der Waals surface area contributed by atoms with E-state index in [1.807, 2.05) is 0 Å². The Balaban J connectivity index is 3.33. The highest BCUT2D eigenvalue weighted by atomic mass is 79.9. The van der Waals surface area contributed by atoms with Gasteiger partial charge in [0, 0.05) is 17.2 Å². The number of rotatable bonds is 3. The van der Waals surface area contributed by atoms with Gasteiger partial charge in [0.1, 0.15) is 5.69 Å². The van der Waals surface area contributed by atoms with Crippen LogP contribution in [0.2, 0.25) is 0 Å². The molecule has 78 valence electrons. The van der Waals surface area contributed by atoms with Crippen molar-refractivity contribution in [2.45, 2.75) is 19.6 Å². The second-order valence-corrected chi connectivity index (χ2v) is 3.47. The van der Waals surface area contributed by atoms with Crippen molar-refractivity contribution in [3.63, 3.8) is 0 Å². The fourth-order valence-electron chi connectivity index (χ4n) is 1.17. The first kappa shape index (κ1) is 11.5. The molecule has 0 aliphatic rings. The number of pyridine rings is 1. The van der Waals surface area contributed by atoms with E-state index in [0.717, 1.165) is 0 Å². The molecule has 0 bridgehead atoms. The average Bonchev–Trinajstić information content (AvgIpc) is 2.16. The van der Waals surface area contributed by atoms with Gasteiger partial charge < -0.3 is 10.8 Å². The molecule has 1 aromatic rings. The van der Waals surface area contributed by atoms with E-state index < -0.39 is 6.43 Å². The molecule has 0 spiro atoms. The number of hydrogen-bond acceptors (Lipinski definition) is 3. The van der Waals surface area contributed by atoms with Crippen LogP contribution in [0.3, 0.4) is 0 Å². The molecule has 0 aliphatic heterocycles. The SMILES string of the molecule is NCc1c(C(F)F)ncc(Br)c1CO. The number of nitrogens with two attached hydrogens (primary N) is 1. The predicted octanol–water partition coefficient (Wildman–Crippen LogP) is 1.73. The van der Waals surface area contributed by atoms with E-state index in [2.05, 4.69) is 20.9 Å². The van der Waals surface area contributed by atoms with E-state index in [4.69, 9.17) is 10.8 Å². The van der Waals surface area contributed by atoms with Crippen molar-refractivity contribution in [2.24, 2.45) is 5.73 Å². The highest BCUT2D eigenvalue weighted by Crippen LogP contribution is 2.27. The highest BCUT2D eigenvalue weighted by Gasteiger charge is 2.18. The summed E-state index contributed by atoms with van der Waals surface area (Å²) in [5, 5.41) is 8.98. The Bertz CT molecular complexity index is 333. The molecule has 0 amide bonds. The second-order valence-electron chi connectivity index (χ2n) is 2.61. The van der Waals surface area contributed by atoms with Gasteiger partial charge in [-0.15, -0.1) is 0 Å². The summed E-state index contributed by atoms with van der Waals surface area (Å²) in [4.78, 5) is 3.57. The maximum atomic E-state index is 12.4. The van der Waals surface area contributed by atoms with Crippen LogP contribution in [0.25, 0.3) is 0 Å². The van der Waals surface area contributed by atoms with Gasteiger partial charge in [0.2, 0.25) is 0 Å². The van der Waals surface area contributed by atoms with E-state index >= 15 is 0 Å². The number of aliphatic hydroxyl groups excluding tert-OH is 1. The summed E-state index contributed by atoms with van der Waals surface area (Å²) in [6.07, 6.45) is -1.43. The van der Waals surface area contributed by atoms with Crippen molar-refractivity contribution in [2.75, 3.05) is 0 Å². The molecule has 0 radical (unpaired) electrons. The lowest BCUT2D eigenvalue weighted by molar-refractivity contribution is 0.144. The summed E-state index contributed by atoms with van der Waals surface area (Å²) in [6.45, 7) is -0.405. The molecular weight excluding hydrogens is 258 g/mol. The number of alkyl halides is 2. The smallest absolute Gasteiger partial charge is 0.280 e. The van der Waals surface area contributed by atoms with Crippen LogP contribution in [0.1, 0.15) is 23.2 Å². The van der Waals surface area contributed by atoms with E-state index in [9.17, 15) is 8.78 Å². The number of hydrogen-bond donors (Lipinski definition) is 2. The molecule has 6 heteroatoms. The standard InChI is InChI=1S/C8H9BrF2N2O/c9-6-2-13-7(8(10)11)4(1-12)5(6)3-14/h2,8,14H,1,3,12H2. The lowest BCUT2D eigenvalue weighted by Gasteiger charge is -2.11. The molecule has 0 aromatic carbocycles. The average molecular weight is 267 g/mol. The van der Waals surface area contributed by atoms with Crippen molar-refractivity contribution in [3.05, 3.63) is 27.5 Å². The predicted molar refractivity (Wildman–Crippen MR) is 50.7 cm³/mol. The summed E-state index contributed by atoms with van der Waals surface area (Å²) >= 11 is 3.11. The van der Waals surface area contributed by atoms with Gasteiger partial charge in [-0.05, 0) is 27.1 Å². The van der Waals surface area contributed by atoms with Crippen LogP contribution >= 0.6 is 15.9 Å². The molecule has 3 N–H and O–H groups in total. The topological polar surface area (TPSA) is 59.1 Å². The zero-order valence-electron chi connectivity index (χ0n) is 7.17. The molecule has 14 heavy (non-hydrogen) atoms. The number of halogens is 3. The minimum absolute atomic E-state index is 0.0675. The summed E-state index contributed by atoms with van der Waals surface area (Å²) in [5.41, 5.74) is 5.55. The summed E-state index contributed by atoms with van der Waals surface area (Å²) in [6, 6.07) is 0. The third-order valence-electron chi connectivity index (χ3n) is 1.85. The Hall–Kier alpha value is -0.590. The first-order chi connectivity index (χ1) is 6.61. The highest BCUT2D eigenvalue weighted by molar-refractivity contribution is 9.10. The molecule has 0 aliphatic carbocycles. The Morgan fingerprint density at radius 1 is 1.50 bits per heavy atom. The molecule has 0 atom stereocenters. The van der Waals surface area contributed by atoms with Crippen molar-refractivity contribution >= 4 is 15.9 Å². The molecule has 0 saturated heterocycles. The third kappa shape index (κ3) is 2.08. The van der Waals surface area contributed by atoms with E-state index in [1.165, 1.54) is 6.20 Å². The minimum atomic E-state index is -2.67. The zero-order valence-corrected chi connectivity index (χ0v) is 8.76. The fraction of sp³-hybridized carbons (Fsp3) is 0.375. The Labute approximate surface area is 88.1 Å². The summed E-state index contributed by atoms with van der Waals surface area (Å²) < 4.78 is 25.4. The normalized spacial score (nSPS) is 11.0. The lowest BCUT2D eigenvalue weighted by Crippen LogP contribution is -2.09. The van der Waals surface area contributed by atoms with Crippen LogP contribution in [0.15, 0.2) is 10.7 Å². The van der Waals surface area contributed by atoms with Crippen LogP contribution in [-0.4, -0.2) is 10.1 Å². The van der Waals surface area contributed by atoms with E-state index in [1.54, 1.807) is 0 Å². The van der Waals surface area contributed by atoms with Gasteiger partial charge >= 0.3 is 0 Å². The van der Waals surface area contributed by atoms with Gasteiger partial charge in [-0.2, -0.15) is 0 Å². The molecule has 1 heterocycles. The minimum Gasteiger partial charge on any atom is -0.392 e. The van der Waals surface area contributed by atoms with E-state index in [0.29, 0.717) is 10.0 Å². The first-order valence-corrected chi connectivity index (χ1v) is 4.66. The molecule has 1 aromatic heterocycles. The molecule has 0 fully saturated rings. The van der Waals surface area contributed by atoms with Crippen LogP contribution in [-0.2, 0) is 13.2 Å². The maximum absolute atomic E-state index is 12.4. The number of aromatic nitrogens is 1. The van der Waals surface area contributed by atoms with Gasteiger partial charge in [0.15, 0.2) is 0 Å². The van der Waals surface area contributed by atoms with Crippen molar-refractivity contribution < 1.29 is 13.9 Å². The number of nitrogens with zero attached hydrogens (tertiary/aromatic N) is 1. The summed E-state index contributed by atoms with van der Waals surface area (Å²) in [7, 11) is 0.